The van der Waals surface area contributed by atoms with Gasteiger partial charge in [-0.05, 0) is 0 Å². The van der Waals surface area contributed by atoms with Crippen LogP contribution in [0.4, 0.5) is 0 Å². The van der Waals surface area contributed by atoms with Crippen molar-refractivity contribution in [1.29, 1.82) is 0 Å². The van der Waals surface area contributed by atoms with E-state index in [1.807, 2.05) is 0 Å². The summed E-state index contributed by atoms with van der Waals surface area (Å²) in [6, 6.07) is -0.524. The van der Waals surface area contributed by atoms with Crippen molar-refractivity contribution in [2.45, 2.75) is 18.6 Å². The maximum Gasteiger partial charge on any atom is 0.323 e. The molecule has 1 saturated heterocycles. The van der Waals surface area contributed by atoms with Crippen LogP contribution >= 0.6 is 0 Å². The van der Waals surface area contributed by atoms with Crippen LogP contribution in [0.5, 0.6) is 0 Å². The Bertz CT molecular complexity index is 212. The molecule has 1 aliphatic rings. The predicted octanol–water partition coefficient (Wildman–Crippen LogP) is -2.10. The highest BCUT2D eigenvalue weighted by molar-refractivity contribution is 5.78. The van der Waals surface area contributed by atoms with Crippen LogP contribution in [0.15, 0.2) is 4.99 Å². The monoisotopic (exact) mass is 172 g/mol. The fourth-order valence-corrected chi connectivity index (χ4v) is 0.998. The van der Waals surface area contributed by atoms with Gasteiger partial charge in [0.25, 0.3) is 0 Å². The summed E-state index contributed by atoms with van der Waals surface area (Å²) in [5, 5.41) is 0. The summed E-state index contributed by atoms with van der Waals surface area (Å²) in [6.45, 7) is 0.293. The van der Waals surface area contributed by atoms with Crippen molar-refractivity contribution in [3.8, 4) is 0 Å². The van der Waals surface area contributed by atoms with E-state index >= 15 is 0 Å². The molecule has 6 heteroatoms. The first-order valence-electron chi connectivity index (χ1n) is 3.61. The van der Waals surface area contributed by atoms with E-state index in [1.165, 1.54) is 0 Å². The second kappa shape index (κ2) is 3.40. The lowest BCUT2D eigenvalue weighted by Crippen LogP contribution is -2.25. The average Bonchev–Trinajstić information content (AvgIpc) is 2.28. The topological polar surface area (TPSA) is 117 Å². The third-order valence-electron chi connectivity index (χ3n) is 1.58. The van der Waals surface area contributed by atoms with Crippen LogP contribution < -0.4 is 17.2 Å². The summed E-state index contributed by atoms with van der Waals surface area (Å²) in [6.07, 6.45) is 0.213. The molecule has 1 rings (SSSR count). The first-order chi connectivity index (χ1) is 5.59. The van der Waals surface area contributed by atoms with Crippen LogP contribution in [0.1, 0.15) is 6.42 Å². The predicted molar refractivity (Wildman–Crippen MR) is 43.1 cm³/mol. The number of carbonyl (C=O) groups is 1. The van der Waals surface area contributed by atoms with Gasteiger partial charge in [0.05, 0.1) is 6.54 Å². The number of nitrogens with zero attached hydrogens (tertiary/aromatic N) is 1. The summed E-state index contributed by atoms with van der Waals surface area (Å²) >= 11 is 0. The van der Waals surface area contributed by atoms with Crippen LogP contribution in [-0.4, -0.2) is 30.6 Å². The van der Waals surface area contributed by atoms with Crippen molar-refractivity contribution in [3.63, 3.8) is 0 Å². The Morgan fingerprint density at radius 2 is 2.33 bits per heavy atom. The molecule has 12 heavy (non-hydrogen) atoms. The summed E-state index contributed by atoms with van der Waals surface area (Å²) in [5.41, 5.74) is 15.6. The number of hydrogen-bond acceptors (Lipinski definition) is 4. The first-order valence-corrected chi connectivity index (χ1v) is 3.61. The SMILES string of the molecule is NC(N)=NCC1CC(N)C(=O)O1. The molecule has 0 radical (unpaired) electrons. The van der Waals surface area contributed by atoms with Crippen LogP contribution in [0, 0.1) is 0 Å². The Hall–Kier alpha value is -1.30. The maximum absolute atomic E-state index is 10.8. The molecule has 0 spiro atoms. The van der Waals surface area contributed by atoms with E-state index in [4.69, 9.17) is 21.9 Å². The first kappa shape index (κ1) is 8.79. The molecule has 0 amide bonds. The number of esters is 1. The number of nitrogens with two attached hydrogens (primary N) is 3. The van der Waals surface area contributed by atoms with Crippen molar-refractivity contribution >= 4 is 11.9 Å². The van der Waals surface area contributed by atoms with Crippen LogP contribution in [0.2, 0.25) is 0 Å². The van der Waals surface area contributed by atoms with Gasteiger partial charge in [-0.1, -0.05) is 0 Å². The van der Waals surface area contributed by atoms with E-state index < -0.39 is 6.04 Å². The number of ether oxygens (including phenoxy) is 1. The van der Waals surface area contributed by atoms with Gasteiger partial charge in [0.2, 0.25) is 0 Å². The zero-order valence-electron chi connectivity index (χ0n) is 6.56. The molecule has 0 aromatic heterocycles. The molecule has 0 bridgehead atoms. The molecule has 1 aliphatic heterocycles. The molecule has 2 atom stereocenters. The normalized spacial score (nSPS) is 28.2. The maximum atomic E-state index is 10.8. The van der Waals surface area contributed by atoms with Crippen molar-refractivity contribution in [1.82, 2.24) is 0 Å². The fourth-order valence-electron chi connectivity index (χ4n) is 0.998. The Kier molecular flexibility index (Phi) is 2.49. The van der Waals surface area contributed by atoms with E-state index in [0.717, 1.165) is 0 Å². The summed E-state index contributed by atoms with van der Waals surface area (Å²) in [4.78, 5) is 14.5. The summed E-state index contributed by atoms with van der Waals surface area (Å²) in [7, 11) is 0. The second-order valence-corrected chi connectivity index (χ2v) is 2.67. The highest BCUT2D eigenvalue weighted by Crippen LogP contribution is 2.12. The highest BCUT2D eigenvalue weighted by atomic mass is 16.6. The molecule has 2 unspecified atom stereocenters. The number of cyclic esters (lactones) is 1. The fraction of sp³-hybridized carbons (Fsp3) is 0.667. The largest absolute Gasteiger partial charge is 0.459 e. The number of hydrogen-bond donors (Lipinski definition) is 3. The third-order valence-corrected chi connectivity index (χ3v) is 1.58. The minimum absolute atomic E-state index is 0.00785. The minimum Gasteiger partial charge on any atom is -0.459 e. The molecule has 0 aromatic rings. The van der Waals surface area contributed by atoms with Gasteiger partial charge < -0.3 is 21.9 Å². The van der Waals surface area contributed by atoms with Crippen molar-refractivity contribution < 1.29 is 9.53 Å². The van der Waals surface area contributed by atoms with Crippen LogP contribution in [0.25, 0.3) is 0 Å². The van der Waals surface area contributed by atoms with Gasteiger partial charge in [0.15, 0.2) is 5.96 Å². The zero-order chi connectivity index (χ0) is 9.14. The van der Waals surface area contributed by atoms with E-state index in [9.17, 15) is 4.79 Å². The zero-order valence-corrected chi connectivity index (χ0v) is 6.56. The average molecular weight is 172 g/mol. The van der Waals surface area contributed by atoms with Gasteiger partial charge in [0.1, 0.15) is 12.1 Å². The Morgan fingerprint density at radius 3 is 2.75 bits per heavy atom. The Balaban J connectivity index is 2.38. The van der Waals surface area contributed by atoms with Gasteiger partial charge >= 0.3 is 5.97 Å². The van der Waals surface area contributed by atoms with Crippen LogP contribution in [0.3, 0.4) is 0 Å². The molecule has 6 N–H and O–H groups in total. The molecular formula is C6H12N4O2. The number of rotatable bonds is 2. The smallest absolute Gasteiger partial charge is 0.323 e. The molecule has 0 aliphatic carbocycles. The Labute approximate surface area is 69.7 Å². The van der Waals surface area contributed by atoms with Gasteiger partial charge in [-0.25, -0.2) is 4.99 Å². The molecule has 0 aromatic carbocycles. The quantitative estimate of drug-likeness (QED) is 0.250. The lowest BCUT2D eigenvalue weighted by atomic mass is 10.2. The number of carbonyl (C=O) groups excluding carboxylic acids is 1. The van der Waals surface area contributed by atoms with E-state index in [2.05, 4.69) is 4.99 Å². The van der Waals surface area contributed by atoms with Gasteiger partial charge in [-0.15, -0.1) is 0 Å². The Morgan fingerprint density at radius 1 is 1.67 bits per heavy atom. The summed E-state index contributed by atoms with van der Waals surface area (Å²) in [5.74, 6) is -0.391. The molecular weight excluding hydrogens is 160 g/mol. The van der Waals surface area contributed by atoms with Crippen molar-refractivity contribution in [2.75, 3.05) is 6.54 Å². The number of guanidine groups is 1. The molecule has 68 valence electrons. The minimum atomic E-state index is -0.524. The molecule has 0 saturated carbocycles. The third kappa shape index (κ3) is 2.09. The standard InChI is InChI=1S/C6H12N4O2/c7-4-1-3(12-5(4)11)2-10-6(8)9/h3-4H,1-2,7H2,(H4,8,9,10). The van der Waals surface area contributed by atoms with Gasteiger partial charge in [-0.3, -0.25) is 4.79 Å². The number of aliphatic imine (C=N–C) groups is 1. The van der Waals surface area contributed by atoms with Gasteiger partial charge in [-0.2, -0.15) is 0 Å². The molecule has 1 heterocycles. The lowest BCUT2D eigenvalue weighted by molar-refractivity contribution is -0.142. The van der Waals surface area contributed by atoms with E-state index in [1.54, 1.807) is 0 Å². The van der Waals surface area contributed by atoms with E-state index in [0.29, 0.717) is 13.0 Å². The molecule has 6 nitrogen and oxygen atoms in total. The lowest BCUT2D eigenvalue weighted by Gasteiger charge is -2.03. The van der Waals surface area contributed by atoms with Crippen molar-refractivity contribution in [2.24, 2.45) is 22.2 Å². The van der Waals surface area contributed by atoms with Gasteiger partial charge in [0, 0.05) is 6.42 Å². The highest BCUT2D eigenvalue weighted by Gasteiger charge is 2.30. The van der Waals surface area contributed by atoms with E-state index in [-0.39, 0.29) is 18.0 Å². The second-order valence-electron chi connectivity index (χ2n) is 2.67. The molecule has 1 fully saturated rings. The summed E-state index contributed by atoms with van der Waals surface area (Å²) < 4.78 is 4.84. The van der Waals surface area contributed by atoms with Crippen molar-refractivity contribution in [3.05, 3.63) is 0 Å². The van der Waals surface area contributed by atoms with Crippen LogP contribution in [-0.2, 0) is 9.53 Å².